The zero-order valence-electron chi connectivity index (χ0n) is 11.7. The van der Waals surface area contributed by atoms with E-state index in [1.165, 1.54) is 12.8 Å². The van der Waals surface area contributed by atoms with E-state index in [1.54, 1.807) is 6.07 Å². The van der Waals surface area contributed by atoms with Crippen molar-refractivity contribution >= 4 is 40.1 Å². The maximum absolute atomic E-state index is 12.1. The Morgan fingerprint density at radius 1 is 1.45 bits per heavy atom. The average molecular weight is 407 g/mol. The van der Waals surface area contributed by atoms with E-state index < -0.39 is 0 Å². The molecule has 20 heavy (non-hydrogen) atoms. The van der Waals surface area contributed by atoms with Crippen LogP contribution in [0.4, 0.5) is 0 Å². The van der Waals surface area contributed by atoms with Gasteiger partial charge in [0.2, 0.25) is 0 Å². The van der Waals surface area contributed by atoms with Crippen LogP contribution in [0.5, 0.6) is 0 Å². The molecule has 0 atom stereocenters. The third-order valence-electron chi connectivity index (χ3n) is 3.89. The van der Waals surface area contributed by atoms with Gasteiger partial charge in [-0.1, -0.05) is 18.5 Å². The Hall–Kier alpha value is -0.330. The highest BCUT2D eigenvalue weighted by Crippen LogP contribution is 2.20. The molecule has 1 amide bonds. The minimum atomic E-state index is -0.0266. The van der Waals surface area contributed by atoms with Gasteiger partial charge in [0.25, 0.3) is 5.91 Å². The highest BCUT2D eigenvalue weighted by atomic mass is 127. The van der Waals surface area contributed by atoms with E-state index in [1.807, 2.05) is 12.1 Å². The molecule has 0 saturated carbocycles. The van der Waals surface area contributed by atoms with Gasteiger partial charge in [-0.05, 0) is 79.2 Å². The number of hydrogen-bond acceptors (Lipinski definition) is 2. The first kappa shape index (κ1) is 16.0. The Kier molecular flexibility index (Phi) is 6.11. The summed E-state index contributed by atoms with van der Waals surface area (Å²) in [6.07, 6.45) is 2.34. The molecule has 1 heterocycles. The van der Waals surface area contributed by atoms with Crippen molar-refractivity contribution in [2.24, 2.45) is 5.92 Å². The van der Waals surface area contributed by atoms with Crippen LogP contribution in [-0.2, 0) is 0 Å². The quantitative estimate of drug-likeness (QED) is 0.777. The molecule has 0 spiro atoms. The minimum Gasteiger partial charge on any atom is -0.352 e. The third-order valence-corrected chi connectivity index (χ3v) is 5.46. The van der Waals surface area contributed by atoms with E-state index in [9.17, 15) is 4.79 Å². The SMILES string of the molecule is CCN1CCC(CNC(=O)c2ccc(I)c(Cl)c2)CC1. The smallest absolute Gasteiger partial charge is 0.251 e. The lowest BCUT2D eigenvalue weighted by Crippen LogP contribution is -2.38. The zero-order valence-corrected chi connectivity index (χ0v) is 14.6. The molecule has 0 aliphatic carbocycles. The molecule has 1 N–H and O–H groups in total. The third kappa shape index (κ3) is 4.33. The van der Waals surface area contributed by atoms with Crippen molar-refractivity contribution in [1.82, 2.24) is 10.2 Å². The second-order valence-electron chi connectivity index (χ2n) is 5.22. The Morgan fingerprint density at radius 2 is 2.15 bits per heavy atom. The molecule has 1 saturated heterocycles. The fraction of sp³-hybridized carbons (Fsp3) is 0.533. The van der Waals surface area contributed by atoms with E-state index >= 15 is 0 Å². The van der Waals surface area contributed by atoms with Crippen LogP contribution in [0.2, 0.25) is 5.02 Å². The second kappa shape index (κ2) is 7.61. The van der Waals surface area contributed by atoms with E-state index in [0.717, 1.165) is 29.7 Å². The molecule has 0 bridgehead atoms. The second-order valence-corrected chi connectivity index (χ2v) is 6.79. The molecule has 2 rings (SSSR count). The number of likely N-dealkylation sites (tertiary alicyclic amines) is 1. The van der Waals surface area contributed by atoms with Crippen LogP contribution in [0, 0.1) is 9.49 Å². The number of carbonyl (C=O) groups excluding carboxylic acids is 1. The molecule has 1 aromatic carbocycles. The lowest BCUT2D eigenvalue weighted by Gasteiger charge is -2.31. The van der Waals surface area contributed by atoms with Gasteiger partial charge in [0.15, 0.2) is 0 Å². The Bertz CT molecular complexity index is 473. The number of hydrogen-bond donors (Lipinski definition) is 1. The van der Waals surface area contributed by atoms with Crippen LogP contribution in [0.3, 0.4) is 0 Å². The van der Waals surface area contributed by atoms with E-state index in [4.69, 9.17) is 11.6 Å². The minimum absolute atomic E-state index is 0.0266. The van der Waals surface area contributed by atoms with Crippen molar-refractivity contribution in [3.63, 3.8) is 0 Å². The lowest BCUT2D eigenvalue weighted by molar-refractivity contribution is 0.0937. The van der Waals surface area contributed by atoms with Gasteiger partial charge >= 0.3 is 0 Å². The number of amides is 1. The van der Waals surface area contributed by atoms with Gasteiger partial charge in [-0.25, -0.2) is 0 Å². The van der Waals surface area contributed by atoms with Crippen LogP contribution < -0.4 is 5.32 Å². The predicted molar refractivity (Wildman–Crippen MR) is 91.3 cm³/mol. The van der Waals surface area contributed by atoms with Crippen molar-refractivity contribution < 1.29 is 4.79 Å². The summed E-state index contributed by atoms with van der Waals surface area (Å²) < 4.78 is 0.966. The first-order valence-electron chi connectivity index (χ1n) is 7.05. The molecule has 5 heteroatoms. The Labute approximate surface area is 139 Å². The summed E-state index contributed by atoms with van der Waals surface area (Å²) in [5, 5.41) is 3.66. The maximum atomic E-state index is 12.1. The standard InChI is InChI=1S/C15H20ClIN2O/c1-2-19-7-5-11(6-8-19)10-18-15(20)12-3-4-14(17)13(16)9-12/h3-4,9,11H,2,5-8,10H2,1H3,(H,18,20). The van der Waals surface area contributed by atoms with E-state index in [2.05, 4.69) is 39.7 Å². The van der Waals surface area contributed by atoms with Crippen LogP contribution in [0.1, 0.15) is 30.1 Å². The fourth-order valence-corrected chi connectivity index (χ4v) is 3.00. The van der Waals surface area contributed by atoms with Crippen molar-refractivity contribution in [3.05, 3.63) is 32.4 Å². The number of piperidine rings is 1. The number of benzene rings is 1. The summed E-state index contributed by atoms with van der Waals surface area (Å²) in [6, 6.07) is 5.43. The number of nitrogens with one attached hydrogen (secondary N) is 1. The van der Waals surface area contributed by atoms with Crippen molar-refractivity contribution in [2.45, 2.75) is 19.8 Å². The highest BCUT2D eigenvalue weighted by Gasteiger charge is 2.18. The van der Waals surface area contributed by atoms with Gasteiger partial charge in [0.1, 0.15) is 0 Å². The summed E-state index contributed by atoms with van der Waals surface area (Å²) in [4.78, 5) is 14.5. The van der Waals surface area contributed by atoms with Crippen molar-refractivity contribution in [1.29, 1.82) is 0 Å². The van der Waals surface area contributed by atoms with E-state index in [0.29, 0.717) is 16.5 Å². The van der Waals surface area contributed by atoms with Crippen LogP contribution in [-0.4, -0.2) is 37.0 Å². The molecule has 1 aliphatic heterocycles. The van der Waals surface area contributed by atoms with E-state index in [-0.39, 0.29) is 5.91 Å². The molecular weight excluding hydrogens is 387 g/mol. The zero-order chi connectivity index (χ0) is 14.5. The van der Waals surface area contributed by atoms with Gasteiger partial charge in [-0.3, -0.25) is 4.79 Å². The summed E-state index contributed by atoms with van der Waals surface area (Å²) in [5.74, 6) is 0.572. The predicted octanol–water partition coefficient (Wildman–Crippen LogP) is 3.41. The van der Waals surface area contributed by atoms with Crippen molar-refractivity contribution in [2.75, 3.05) is 26.2 Å². The van der Waals surface area contributed by atoms with Gasteiger partial charge in [-0.2, -0.15) is 0 Å². The lowest BCUT2D eigenvalue weighted by atomic mass is 9.97. The number of nitrogens with zero attached hydrogens (tertiary/aromatic N) is 1. The highest BCUT2D eigenvalue weighted by molar-refractivity contribution is 14.1. The normalized spacial score (nSPS) is 17.1. The molecule has 0 radical (unpaired) electrons. The summed E-state index contributed by atoms with van der Waals surface area (Å²) >= 11 is 8.20. The van der Waals surface area contributed by atoms with Gasteiger partial charge in [0, 0.05) is 15.7 Å². The summed E-state index contributed by atoms with van der Waals surface area (Å²) in [6.45, 7) is 6.38. The monoisotopic (exact) mass is 406 g/mol. The first-order valence-corrected chi connectivity index (χ1v) is 8.51. The molecule has 0 unspecified atom stereocenters. The van der Waals surface area contributed by atoms with Crippen LogP contribution in [0.15, 0.2) is 18.2 Å². The molecule has 110 valence electrons. The molecular formula is C15H20ClIN2O. The molecule has 1 aromatic rings. The number of carbonyl (C=O) groups is 1. The summed E-state index contributed by atoms with van der Waals surface area (Å²) in [5.41, 5.74) is 0.640. The van der Waals surface area contributed by atoms with Gasteiger partial charge in [0.05, 0.1) is 5.02 Å². The Balaban J connectivity index is 1.82. The number of halogens is 2. The number of rotatable bonds is 4. The summed E-state index contributed by atoms with van der Waals surface area (Å²) in [7, 11) is 0. The van der Waals surface area contributed by atoms with Crippen LogP contribution >= 0.6 is 34.2 Å². The largest absolute Gasteiger partial charge is 0.352 e. The Morgan fingerprint density at radius 3 is 2.75 bits per heavy atom. The first-order chi connectivity index (χ1) is 9.60. The average Bonchev–Trinajstić information content (AvgIpc) is 2.48. The topological polar surface area (TPSA) is 32.3 Å². The molecule has 3 nitrogen and oxygen atoms in total. The van der Waals surface area contributed by atoms with Gasteiger partial charge in [-0.15, -0.1) is 0 Å². The maximum Gasteiger partial charge on any atom is 0.251 e. The molecule has 1 fully saturated rings. The molecule has 0 aromatic heterocycles. The fourth-order valence-electron chi connectivity index (χ4n) is 2.48. The molecule has 1 aliphatic rings. The van der Waals surface area contributed by atoms with Crippen molar-refractivity contribution in [3.8, 4) is 0 Å². The van der Waals surface area contributed by atoms with Gasteiger partial charge < -0.3 is 10.2 Å². The van der Waals surface area contributed by atoms with Crippen LogP contribution in [0.25, 0.3) is 0 Å².